The Balaban J connectivity index is 1.95. The van der Waals surface area contributed by atoms with Crippen molar-refractivity contribution < 1.29 is 19.5 Å². The van der Waals surface area contributed by atoms with Gasteiger partial charge in [0.15, 0.2) is 5.66 Å². The maximum Gasteiger partial charge on any atom is 0.303 e. The number of nitrogens with zero attached hydrogens (tertiary/aromatic N) is 3. The minimum Gasteiger partial charge on any atom is -0.481 e. The van der Waals surface area contributed by atoms with Crippen LogP contribution in [0.5, 0.6) is 0 Å². The monoisotopic (exact) mass is 485 g/mol. The molecule has 9 heteroatoms. The molecule has 2 aromatic carbocycles. The van der Waals surface area contributed by atoms with Crippen molar-refractivity contribution in [1.82, 2.24) is 15.3 Å². The van der Waals surface area contributed by atoms with Crippen molar-refractivity contribution in [3.05, 3.63) is 73.1 Å². The Morgan fingerprint density at radius 1 is 0.889 bits per heavy atom. The average Bonchev–Trinajstić information content (AvgIpc) is 2.88. The molecule has 0 aliphatic carbocycles. The zero-order valence-electron chi connectivity index (χ0n) is 19.8. The van der Waals surface area contributed by atoms with Crippen LogP contribution in [0.3, 0.4) is 0 Å². The fourth-order valence-electron chi connectivity index (χ4n) is 4.15. The molecule has 36 heavy (non-hydrogen) atoms. The number of hydrogen-bond acceptors (Lipinski definition) is 6. The Bertz CT molecular complexity index is 1350. The highest BCUT2D eigenvalue weighted by Gasteiger charge is 2.41. The first-order valence-electron chi connectivity index (χ1n) is 11.7. The summed E-state index contributed by atoms with van der Waals surface area (Å²) in [6.07, 6.45) is 3.22. The molecule has 0 radical (unpaired) electrons. The van der Waals surface area contributed by atoms with Gasteiger partial charge in [0, 0.05) is 42.4 Å². The number of anilines is 2. The first-order chi connectivity index (χ1) is 17.3. The number of aromatic nitrogens is 2. The van der Waals surface area contributed by atoms with E-state index in [0.717, 1.165) is 10.8 Å². The average molecular weight is 486 g/mol. The summed E-state index contributed by atoms with van der Waals surface area (Å²) in [6.45, 7) is 1.83. The van der Waals surface area contributed by atoms with Crippen LogP contribution in [0.2, 0.25) is 0 Å². The van der Waals surface area contributed by atoms with Crippen molar-refractivity contribution in [2.24, 2.45) is 5.73 Å². The van der Waals surface area contributed by atoms with Gasteiger partial charge in [-0.1, -0.05) is 43.3 Å². The van der Waals surface area contributed by atoms with E-state index >= 15 is 0 Å². The van der Waals surface area contributed by atoms with Crippen molar-refractivity contribution in [3.8, 4) is 0 Å². The van der Waals surface area contributed by atoms with E-state index in [1.54, 1.807) is 48.8 Å². The van der Waals surface area contributed by atoms with Crippen LogP contribution < -0.4 is 16.0 Å². The number of hydrogen-bond donors (Lipinski definition) is 3. The standard InChI is InChI=1S/C27H27N5O4/c1-2-7-22(33)31-27(28,15-14-23(34)35)26(36)32(20-12-3-8-18-10-5-16-29-24(18)20)21-13-4-9-19-11-6-17-30-25(19)21/h3-6,8-13,16-17H,2,7,14-15,28H2,1H3,(H,31,33)(H,34,35)/t27-/m1/s1. The lowest BCUT2D eigenvalue weighted by molar-refractivity contribution is -0.139. The van der Waals surface area contributed by atoms with E-state index < -0.39 is 29.9 Å². The molecule has 0 spiro atoms. The molecule has 2 heterocycles. The quantitative estimate of drug-likeness (QED) is 0.306. The fourth-order valence-corrected chi connectivity index (χ4v) is 4.15. The summed E-state index contributed by atoms with van der Waals surface area (Å²) in [5.74, 6) is -2.26. The summed E-state index contributed by atoms with van der Waals surface area (Å²) in [5, 5.41) is 13.5. The molecule has 1 atom stereocenters. The van der Waals surface area contributed by atoms with Gasteiger partial charge in [-0.05, 0) is 30.7 Å². The molecule has 2 aromatic heterocycles. The Hall–Kier alpha value is -4.37. The second kappa shape index (κ2) is 10.5. The molecule has 184 valence electrons. The number of benzene rings is 2. The van der Waals surface area contributed by atoms with Gasteiger partial charge >= 0.3 is 5.97 Å². The number of carboxylic acid groups (broad SMARTS) is 1. The van der Waals surface area contributed by atoms with Crippen LogP contribution in [0, 0.1) is 0 Å². The van der Waals surface area contributed by atoms with Crippen molar-refractivity contribution in [3.63, 3.8) is 0 Å². The minimum atomic E-state index is -1.99. The van der Waals surface area contributed by atoms with Crippen LogP contribution in [-0.2, 0) is 14.4 Å². The molecule has 0 saturated carbocycles. The molecule has 2 amide bonds. The van der Waals surface area contributed by atoms with Gasteiger partial charge in [0.1, 0.15) is 0 Å². The highest BCUT2D eigenvalue weighted by molar-refractivity contribution is 6.15. The predicted molar refractivity (Wildman–Crippen MR) is 137 cm³/mol. The molecule has 4 N–H and O–H groups in total. The maximum atomic E-state index is 14.3. The van der Waals surface area contributed by atoms with Crippen LogP contribution in [0.1, 0.15) is 32.6 Å². The normalized spacial score (nSPS) is 12.7. The number of pyridine rings is 2. The first-order valence-corrected chi connectivity index (χ1v) is 11.7. The van der Waals surface area contributed by atoms with E-state index in [4.69, 9.17) is 5.73 Å². The van der Waals surface area contributed by atoms with Crippen LogP contribution >= 0.6 is 0 Å². The van der Waals surface area contributed by atoms with Crippen molar-refractivity contribution in [2.75, 3.05) is 4.90 Å². The lowest BCUT2D eigenvalue weighted by Gasteiger charge is -2.35. The summed E-state index contributed by atoms with van der Waals surface area (Å²) in [4.78, 5) is 48.8. The van der Waals surface area contributed by atoms with Gasteiger partial charge in [0.05, 0.1) is 22.4 Å². The Morgan fingerprint density at radius 3 is 1.92 bits per heavy atom. The molecule has 4 rings (SSSR count). The van der Waals surface area contributed by atoms with Crippen molar-refractivity contribution in [2.45, 2.75) is 38.3 Å². The zero-order valence-corrected chi connectivity index (χ0v) is 19.8. The van der Waals surface area contributed by atoms with E-state index in [1.165, 1.54) is 4.90 Å². The van der Waals surface area contributed by atoms with Gasteiger partial charge < -0.3 is 16.2 Å². The number of aliphatic carboxylic acids is 1. The summed E-state index contributed by atoms with van der Waals surface area (Å²) >= 11 is 0. The minimum absolute atomic E-state index is 0.144. The summed E-state index contributed by atoms with van der Waals surface area (Å²) in [5.41, 5.74) is 6.53. The van der Waals surface area contributed by atoms with Gasteiger partial charge in [-0.2, -0.15) is 0 Å². The number of amides is 2. The van der Waals surface area contributed by atoms with Crippen LogP contribution in [0.15, 0.2) is 73.1 Å². The third-order valence-corrected chi connectivity index (χ3v) is 5.86. The van der Waals surface area contributed by atoms with Crippen molar-refractivity contribution in [1.29, 1.82) is 0 Å². The Labute approximate surface area is 208 Å². The van der Waals surface area contributed by atoms with E-state index in [1.807, 2.05) is 31.2 Å². The zero-order chi connectivity index (χ0) is 25.7. The molecule has 0 saturated heterocycles. The highest BCUT2D eigenvalue weighted by Crippen LogP contribution is 2.36. The summed E-state index contributed by atoms with van der Waals surface area (Å²) < 4.78 is 0. The third-order valence-electron chi connectivity index (χ3n) is 5.86. The Morgan fingerprint density at radius 2 is 1.42 bits per heavy atom. The van der Waals surface area contributed by atoms with Crippen LogP contribution in [-0.4, -0.2) is 38.5 Å². The highest BCUT2D eigenvalue weighted by atomic mass is 16.4. The van der Waals surface area contributed by atoms with Crippen molar-refractivity contribution >= 4 is 51.0 Å². The third kappa shape index (κ3) is 5.01. The number of rotatable bonds is 9. The van der Waals surface area contributed by atoms with Gasteiger partial charge in [-0.15, -0.1) is 0 Å². The molecule has 0 unspecified atom stereocenters. The number of carboxylic acids is 1. The molecular weight excluding hydrogens is 458 g/mol. The number of carbonyl (C=O) groups is 3. The fraction of sp³-hybridized carbons (Fsp3) is 0.222. The van der Waals surface area contributed by atoms with Gasteiger partial charge in [-0.3, -0.25) is 29.3 Å². The van der Waals surface area contributed by atoms with E-state index in [9.17, 15) is 19.5 Å². The molecule has 0 bridgehead atoms. The van der Waals surface area contributed by atoms with Crippen LogP contribution in [0.25, 0.3) is 21.8 Å². The topological polar surface area (TPSA) is 139 Å². The van der Waals surface area contributed by atoms with Crippen LogP contribution in [0.4, 0.5) is 11.4 Å². The lowest BCUT2D eigenvalue weighted by atomic mass is 10.00. The summed E-state index contributed by atoms with van der Waals surface area (Å²) in [7, 11) is 0. The van der Waals surface area contributed by atoms with Gasteiger partial charge in [0.25, 0.3) is 5.91 Å². The lowest BCUT2D eigenvalue weighted by Crippen LogP contribution is -2.65. The van der Waals surface area contributed by atoms with E-state index in [0.29, 0.717) is 28.8 Å². The molecule has 0 aliphatic heterocycles. The van der Waals surface area contributed by atoms with E-state index in [2.05, 4.69) is 15.3 Å². The Kier molecular flexibility index (Phi) is 7.21. The molecular formula is C27H27N5O4. The van der Waals surface area contributed by atoms with Gasteiger partial charge in [-0.25, -0.2) is 0 Å². The largest absolute Gasteiger partial charge is 0.481 e. The van der Waals surface area contributed by atoms with Gasteiger partial charge in [0.2, 0.25) is 5.91 Å². The molecule has 0 fully saturated rings. The number of para-hydroxylation sites is 2. The smallest absolute Gasteiger partial charge is 0.303 e. The molecule has 9 nitrogen and oxygen atoms in total. The number of nitrogens with two attached hydrogens (primary N) is 1. The first kappa shape index (κ1) is 24.7. The molecule has 0 aliphatic rings. The number of carbonyl (C=O) groups excluding carboxylic acids is 2. The second-order valence-corrected chi connectivity index (χ2v) is 8.51. The predicted octanol–water partition coefficient (Wildman–Crippen LogP) is 3.88. The number of fused-ring (bicyclic) bond motifs is 2. The van der Waals surface area contributed by atoms with E-state index in [-0.39, 0.29) is 12.8 Å². The number of nitrogens with one attached hydrogen (secondary N) is 1. The summed E-state index contributed by atoms with van der Waals surface area (Å²) in [6, 6.07) is 18.1. The SMILES string of the molecule is CCCC(=O)N[C@](N)(CCC(=O)O)C(=O)N(c1cccc2cccnc12)c1cccc2cccnc12. The maximum absolute atomic E-state index is 14.3. The molecule has 4 aromatic rings. The second-order valence-electron chi connectivity index (χ2n) is 8.51.